The average Bonchev–Trinajstić information content (AvgIpc) is 3.27. The monoisotopic (exact) mass is 399 g/mol. The summed E-state index contributed by atoms with van der Waals surface area (Å²) in [7, 11) is 0. The molecule has 1 fully saturated rings. The number of halogens is 1. The lowest BCUT2D eigenvalue weighted by Crippen LogP contribution is -2.17. The smallest absolute Gasteiger partial charge is 0.187 e. The van der Waals surface area contributed by atoms with Crippen LogP contribution in [0.15, 0.2) is 58.4 Å². The number of hydrogen-bond donors (Lipinski definition) is 1. The Labute approximate surface area is 154 Å². The zero-order valence-electron chi connectivity index (χ0n) is 13.2. The number of thiazole rings is 1. The minimum absolute atomic E-state index is 0.909. The molecular weight excluding hydrogens is 382 g/mol. The van der Waals surface area contributed by atoms with Crippen LogP contribution in [0, 0.1) is 0 Å². The van der Waals surface area contributed by atoms with E-state index in [1.807, 2.05) is 24.3 Å². The van der Waals surface area contributed by atoms with Crippen molar-refractivity contribution in [2.24, 2.45) is 0 Å². The Morgan fingerprint density at radius 3 is 2.58 bits per heavy atom. The summed E-state index contributed by atoms with van der Waals surface area (Å²) in [6.45, 7) is 2.35. The maximum Gasteiger partial charge on any atom is 0.187 e. The van der Waals surface area contributed by atoms with Crippen molar-refractivity contribution >= 4 is 43.8 Å². The van der Waals surface area contributed by atoms with Crippen LogP contribution in [-0.4, -0.2) is 18.1 Å². The number of anilines is 3. The molecule has 0 aliphatic carbocycles. The Morgan fingerprint density at radius 1 is 1.04 bits per heavy atom. The number of nitrogens with one attached hydrogen (secondary N) is 1. The Morgan fingerprint density at radius 2 is 1.83 bits per heavy atom. The van der Waals surface area contributed by atoms with Gasteiger partial charge in [-0.25, -0.2) is 4.98 Å². The molecule has 1 aliphatic heterocycles. The summed E-state index contributed by atoms with van der Waals surface area (Å²) in [5.74, 6) is 0. The first-order valence-corrected chi connectivity index (χ1v) is 9.79. The fourth-order valence-electron chi connectivity index (χ4n) is 2.97. The van der Waals surface area contributed by atoms with Crippen LogP contribution in [0.3, 0.4) is 0 Å². The van der Waals surface area contributed by atoms with Crippen LogP contribution in [-0.2, 0) is 0 Å². The van der Waals surface area contributed by atoms with E-state index in [-0.39, 0.29) is 0 Å². The van der Waals surface area contributed by atoms with E-state index in [9.17, 15) is 0 Å². The van der Waals surface area contributed by atoms with Gasteiger partial charge in [0.1, 0.15) is 0 Å². The normalized spacial score (nSPS) is 14.1. The molecule has 5 heteroatoms. The molecule has 0 radical (unpaired) electrons. The fourth-order valence-corrected chi connectivity index (χ4v) is 4.11. The van der Waals surface area contributed by atoms with E-state index in [1.165, 1.54) is 31.6 Å². The molecule has 4 rings (SSSR count). The van der Waals surface area contributed by atoms with Crippen molar-refractivity contribution in [1.82, 2.24) is 4.98 Å². The molecule has 0 unspecified atom stereocenters. The van der Waals surface area contributed by atoms with E-state index >= 15 is 0 Å². The number of aromatic nitrogens is 1. The predicted octanol–water partition coefficient (Wildman–Crippen LogP) is 5.92. The molecule has 0 saturated carbocycles. The first-order chi connectivity index (χ1) is 11.8. The molecule has 0 amide bonds. The van der Waals surface area contributed by atoms with Gasteiger partial charge in [-0.3, -0.25) is 0 Å². The van der Waals surface area contributed by atoms with Gasteiger partial charge in [0.05, 0.1) is 5.69 Å². The number of hydrogen-bond acceptors (Lipinski definition) is 4. The molecule has 1 N–H and O–H groups in total. The van der Waals surface area contributed by atoms with Crippen LogP contribution in [0.1, 0.15) is 12.8 Å². The van der Waals surface area contributed by atoms with E-state index < -0.39 is 0 Å². The summed E-state index contributed by atoms with van der Waals surface area (Å²) in [4.78, 5) is 7.16. The van der Waals surface area contributed by atoms with Gasteiger partial charge >= 0.3 is 0 Å². The van der Waals surface area contributed by atoms with E-state index in [1.54, 1.807) is 11.3 Å². The highest BCUT2D eigenvalue weighted by molar-refractivity contribution is 9.10. The van der Waals surface area contributed by atoms with Gasteiger partial charge in [0.2, 0.25) is 0 Å². The van der Waals surface area contributed by atoms with Crippen molar-refractivity contribution in [3.05, 3.63) is 58.4 Å². The van der Waals surface area contributed by atoms with Crippen molar-refractivity contribution < 1.29 is 0 Å². The van der Waals surface area contributed by atoms with Gasteiger partial charge in [0.15, 0.2) is 5.13 Å². The fraction of sp³-hybridized carbons (Fsp3) is 0.211. The second-order valence-electron chi connectivity index (χ2n) is 5.91. The molecule has 0 bridgehead atoms. The van der Waals surface area contributed by atoms with E-state index in [2.05, 4.69) is 55.8 Å². The summed E-state index contributed by atoms with van der Waals surface area (Å²) in [5, 5.41) is 6.37. The molecular formula is C19H18BrN3S. The SMILES string of the molecule is Brc1cccc(Nc2nc(-c3ccc(N4CCCC4)cc3)cs2)c1. The third-order valence-electron chi connectivity index (χ3n) is 4.21. The third kappa shape index (κ3) is 3.47. The molecule has 1 aromatic heterocycles. The molecule has 2 heterocycles. The molecule has 1 saturated heterocycles. The quantitative estimate of drug-likeness (QED) is 0.590. The Hall–Kier alpha value is -1.85. The van der Waals surface area contributed by atoms with Gasteiger partial charge in [-0.05, 0) is 43.2 Å². The third-order valence-corrected chi connectivity index (χ3v) is 5.47. The molecule has 122 valence electrons. The molecule has 3 aromatic rings. The Bertz CT molecular complexity index is 823. The lowest BCUT2D eigenvalue weighted by molar-refractivity contribution is 0.949. The topological polar surface area (TPSA) is 28.2 Å². The lowest BCUT2D eigenvalue weighted by atomic mass is 10.1. The van der Waals surface area contributed by atoms with E-state index in [4.69, 9.17) is 4.98 Å². The zero-order chi connectivity index (χ0) is 16.4. The second kappa shape index (κ2) is 6.95. The number of benzene rings is 2. The van der Waals surface area contributed by atoms with Crippen molar-refractivity contribution in [1.29, 1.82) is 0 Å². The average molecular weight is 400 g/mol. The summed E-state index contributed by atoms with van der Waals surface area (Å²) in [6.07, 6.45) is 2.61. The Balaban J connectivity index is 1.49. The van der Waals surface area contributed by atoms with Crippen molar-refractivity contribution in [3.8, 4) is 11.3 Å². The number of rotatable bonds is 4. The van der Waals surface area contributed by atoms with E-state index in [0.29, 0.717) is 0 Å². The van der Waals surface area contributed by atoms with E-state index in [0.717, 1.165) is 26.5 Å². The highest BCUT2D eigenvalue weighted by Gasteiger charge is 2.12. The molecule has 3 nitrogen and oxygen atoms in total. The van der Waals surface area contributed by atoms with Crippen molar-refractivity contribution in [3.63, 3.8) is 0 Å². The van der Waals surface area contributed by atoms with Crippen molar-refractivity contribution in [2.45, 2.75) is 12.8 Å². The van der Waals surface area contributed by atoms with Gasteiger partial charge in [-0.1, -0.05) is 34.1 Å². The molecule has 0 spiro atoms. The minimum atomic E-state index is 0.909. The van der Waals surface area contributed by atoms with Crippen molar-refractivity contribution in [2.75, 3.05) is 23.3 Å². The van der Waals surface area contributed by atoms with Crippen LogP contribution < -0.4 is 10.2 Å². The van der Waals surface area contributed by atoms with Gasteiger partial charge in [0.25, 0.3) is 0 Å². The van der Waals surface area contributed by atoms with Gasteiger partial charge in [-0.15, -0.1) is 11.3 Å². The van der Waals surface area contributed by atoms with Crippen LogP contribution in [0.2, 0.25) is 0 Å². The predicted molar refractivity (Wildman–Crippen MR) is 106 cm³/mol. The highest BCUT2D eigenvalue weighted by atomic mass is 79.9. The van der Waals surface area contributed by atoms with Crippen LogP contribution in [0.5, 0.6) is 0 Å². The van der Waals surface area contributed by atoms with Crippen LogP contribution in [0.25, 0.3) is 11.3 Å². The molecule has 2 aromatic carbocycles. The minimum Gasteiger partial charge on any atom is -0.372 e. The van der Waals surface area contributed by atoms with Gasteiger partial charge < -0.3 is 10.2 Å². The Kier molecular flexibility index (Phi) is 4.54. The summed E-state index contributed by atoms with van der Waals surface area (Å²) in [5.41, 5.74) is 4.54. The zero-order valence-corrected chi connectivity index (χ0v) is 15.6. The number of nitrogens with zero attached hydrogens (tertiary/aromatic N) is 2. The standard InChI is InChI=1S/C19H18BrN3S/c20-15-4-3-5-16(12-15)21-19-22-18(13-24-19)14-6-8-17(9-7-14)23-10-1-2-11-23/h3-9,12-13H,1-2,10-11H2,(H,21,22). The maximum atomic E-state index is 4.71. The summed E-state index contributed by atoms with van der Waals surface area (Å²) >= 11 is 5.12. The lowest BCUT2D eigenvalue weighted by Gasteiger charge is -2.17. The maximum absolute atomic E-state index is 4.71. The first kappa shape index (κ1) is 15.7. The largest absolute Gasteiger partial charge is 0.372 e. The first-order valence-electron chi connectivity index (χ1n) is 8.11. The summed E-state index contributed by atoms with van der Waals surface area (Å²) < 4.78 is 1.06. The molecule has 24 heavy (non-hydrogen) atoms. The summed E-state index contributed by atoms with van der Waals surface area (Å²) in [6, 6.07) is 16.9. The molecule has 1 aliphatic rings. The van der Waals surface area contributed by atoms with Crippen LogP contribution in [0.4, 0.5) is 16.5 Å². The second-order valence-corrected chi connectivity index (χ2v) is 7.69. The highest BCUT2D eigenvalue weighted by Crippen LogP contribution is 2.29. The van der Waals surface area contributed by atoms with Crippen LogP contribution >= 0.6 is 27.3 Å². The van der Waals surface area contributed by atoms with Gasteiger partial charge in [-0.2, -0.15) is 0 Å². The molecule has 0 atom stereocenters. The van der Waals surface area contributed by atoms with Gasteiger partial charge in [0, 0.05) is 39.9 Å².